The number of nitrogens with one attached hydrogen (secondary N) is 1. The first-order chi connectivity index (χ1) is 7.72. The minimum absolute atomic E-state index is 0.652. The molecule has 0 aliphatic rings. The maximum absolute atomic E-state index is 8.73. The maximum atomic E-state index is 8.73. The van der Waals surface area contributed by atoms with Crippen LogP contribution in [0.4, 0.5) is 5.82 Å². The van der Waals surface area contributed by atoms with Crippen LogP contribution in [0.25, 0.3) is 0 Å². The zero-order chi connectivity index (χ0) is 11.8. The second-order valence-electron chi connectivity index (χ2n) is 4.36. The highest BCUT2D eigenvalue weighted by Crippen LogP contribution is 2.08. The third kappa shape index (κ3) is 4.79. The fourth-order valence-corrected chi connectivity index (χ4v) is 1.49. The van der Waals surface area contributed by atoms with Crippen molar-refractivity contribution in [3.63, 3.8) is 0 Å². The summed E-state index contributed by atoms with van der Waals surface area (Å²) in [7, 11) is 0. The van der Waals surface area contributed by atoms with Gasteiger partial charge >= 0.3 is 0 Å². The lowest BCUT2D eigenvalue weighted by atomic mass is 10.1. The molecule has 1 rings (SSSR count). The molecule has 1 N–H and O–H groups in total. The van der Waals surface area contributed by atoms with E-state index in [1.54, 1.807) is 18.3 Å². The zero-order valence-electron chi connectivity index (χ0n) is 10.0. The molecule has 0 saturated carbocycles. The first-order valence-electron chi connectivity index (χ1n) is 5.82. The number of hydrogen-bond donors (Lipinski definition) is 1. The molecule has 86 valence electrons. The summed E-state index contributed by atoms with van der Waals surface area (Å²) in [4.78, 5) is 4.16. The molecular weight excluding hydrogens is 198 g/mol. The number of anilines is 1. The van der Waals surface area contributed by atoms with Crippen LogP contribution >= 0.6 is 0 Å². The molecule has 1 heterocycles. The average molecular weight is 217 g/mol. The minimum Gasteiger partial charge on any atom is -0.370 e. The van der Waals surface area contributed by atoms with Gasteiger partial charge in [-0.3, -0.25) is 0 Å². The summed E-state index contributed by atoms with van der Waals surface area (Å²) in [5.74, 6) is 1.57. The topological polar surface area (TPSA) is 48.7 Å². The lowest BCUT2D eigenvalue weighted by Crippen LogP contribution is -2.03. The molecule has 0 radical (unpaired) electrons. The molecule has 16 heavy (non-hydrogen) atoms. The minimum atomic E-state index is 0.652. The van der Waals surface area contributed by atoms with Gasteiger partial charge in [-0.1, -0.05) is 26.7 Å². The van der Waals surface area contributed by atoms with Gasteiger partial charge in [0.05, 0.1) is 11.6 Å². The molecule has 3 heteroatoms. The molecule has 0 atom stereocenters. The Hall–Kier alpha value is -1.56. The number of hydrogen-bond acceptors (Lipinski definition) is 3. The van der Waals surface area contributed by atoms with Gasteiger partial charge in [0.25, 0.3) is 0 Å². The van der Waals surface area contributed by atoms with Crippen LogP contribution in [0, 0.1) is 17.2 Å². The van der Waals surface area contributed by atoms with Gasteiger partial charge in [0, 0.05) is 12.7 Å². The van der Waals surface area contributed by atoms with E-state index in [2.05, 4.69) is 30.2 Å². The van der Waals surface area contributed by atoms with Crippen LogP contribution in [-0.4, -0.2) is 11.5 Å². The van der Waals surface area contributed by atoms with Gasteiger partial charge in [0.2, 0.25) is 0 Å². The predicted molar refractivity (Wildman–Crippen MR) is 66.1 cm³/mol. The van der Waals surface area contributed by atoms with Gasteiger partial charge < -0.3 is 5.32 Å². The zero-order valence-corrected chi connectivity index (χ0v) is 10.0. The summed E-state index contributed by atoms with van der Waals surface area (Å²) in [6.07, 6.45) is 5.32. The first kappa shape index (κ1) is 12.5. The van der Waals surface area contributed by atoms with Gasteiger partial charge in [0.15, 0.2) is 0 Å². The van der Waals surface area contributed by atoms with Crippen LogP contribution < -0.4 is 5.32 Å². The molecule has 0 aliphatic heterocycles. The molecule has 0 aromatic carbocycles. The lowest BCUT2D eigenvalue weighted by Gasteiger charge is -2.06. The number of unbranched alkanes of at least 4 members (excludes halogenated alkanes) is 1. The SMILES string of the molecule is CC(C)CCCCNc1cc(C#N)ccn1. The largest absolute Gasteiger partial charge is 0.370 e. The average Bonchev–Trinajstić information content (AvgIpc) is 2.28. The molecule has 0 unspecified atom stereocenters. The van der Waals surface area contributed by atoms with Gasteiger partial charge in [-0.15, -0.1) is 0 Å². The van der Waals surface area contributed by atoms with Gasteiger partial charge in [-0.25, -0.2) is 4.98 Å². The Bertz CT molecular complexity index is 352. The van der Waals surface area contributed by atoms with E-state index in [1.165, 1.54) is 12.8 Å². The van der Waals surface area contributed by atoms with Gasteiger partial charge in [-0.05, 0) is 24.5 Å². The van der Waals surface area contributed by atoms with E-state index >= 15 is 0 Å². The first-order valence-corrected chi connectivity index (χ1v) is 5.82. The predicted octanol–water partition coefficient (Wildman–Crippen LogP) is 3.19. The summed E-state index contributed by atoms with van der Waals surface area (Å²) >= 11 is 0. The quantitative estimate of drug-likeness (QED) is 0.744. The van der Waals surface area contributed by atoms with Crippen molar-refractivity contribution in [1.82, 2.24) is 4.98 Å². The molecular formula is C13H19N3. The number of nitriles is 1. The molecule has 0 spiro atoms. The highest BCUT2D eigenvalue weighted by Gasteiger charge is 1.97. The fraction of sp³-hybridized carbons (Fsp3) is 0.538. The van der Waals surface area contributed by atoms with Crippen molar-refractivity contribution in [2.75, 3.05) is 11.9 Å². The molecule has 3 nitrogen and oxygen atoms in total. The van der Waals surface area contributed by atoms with E-state index in [1.807, 2.05) is 0 Å². The number of aromatic nitrogens is 1. The normalized spacial score (nSPS) is 10.1. The molecule has 0 amide bonds. The van der Waals surface area contributed by atoms with Crippen molar-refractivity contribution in [2.45, 2.75) is 33.1 Å². The fourth-order valence-electron chi connectivity index (χ4n) is 1.49. The summed E-state index contributed by atoms with van der Waals surface area (Å²) in [5.41, 5.74) is 0.652. The third-order valence-electron chi connectivity index (χ3n) is 2.40. The molecule has 0 aliphatic carbocycles. The number of rotatable bonds is 6. The van der Waals surface area contributed by atoms with Crippen LogP contribution in [0.2, 0.25) is 0 Å². The summed E-state index contributed by atoms with van der Waals surface area (Å²) < 4.78 is 0. The van der Waals surface area contributed by atoms with Crippen molar-refractivity contribution in [2.24, 2.45) is 5.92 Å². The summed E-state index contributed by atoms with van der Waals surface area (Å²) in [6.45, 7) is 5.41. The molecule has 1 aromatic rings. The van der Waals surface area contributed by atoms with Crippen LogP contribution in [0.5, 0.6) is 0 Å². The molecule has 0 fully saturated rings. The Kier molecular flexibility index (Phi) is 5.35. The van der Waals surface area contributed by atoms with E-state index in [-0.39, 0.29) is 0 Å². The van der Waals surface area contributed by atoms with Crippen LogP contribution in [0.15, 0.2) is 18.3 Å². The number of nitrogens with zero attached hydrogens (tertiary/aromatic N) is 2. The molecule has 0 saturated heterocycles. The standard InChI is InChI=1S/C13H19N3/c1-11(2)5-3-4-7-15-13-9-12(10-14)6-8-16-13/h6,8-9,11H,3-5,7H2,1-2H3,(H,15,16). The third-order valence-corrected chi connectivity index (χ3v) is 2.40. The highest BCUT2D eigenvalue weighted by atomic mass is 15.0. The Morgan fingerprint density at radius 3 is 2.94 bits per heavy atom. The van der Waals surface area contributed by atoms with Crippen molar-refractivity contribution >= 4 is 5.82 Å². The Morgan fingerprint density at radius 2 is 2.25 bits per heavy atom. The molecule has 0 bridgehead atoms. The van der Waals surface area contributed by atoms with E-state index in [0.29, 0.717) is 5.56 Å². The smallest absolute Gasteiger partial charge is 0.127 e. The summed E-state index contributed by atoms with van der Waals surface area (Å²) in [6, 6.07) is 5.60. The molecule has 1 aromatic heterocycles. The van der Waals surface area contributed by atoms with E-state index in [4.69, 9.17) is 5.26 Å². The van der Waals surface area contributed by atoms with Gasteiger partial charge in [-0.2, -0.15) is 5.26 Å². The number of pyridine rings is 1. The van der Waals surface area contributed by atoms with Crippen LogP contribution in [-0.2, 0) is 0 Å². The van der Waals surface area contributed by atoms with Crippen molar-refractivity contribution in [3.8, 4) is 6.07 Å². The van der Waals surface area contributed by atoms with Crippen LogP contribution in [0.3, 0.4) is 0 Å². The van der Waals surface area contributed by atoms with Crippen molar-refractivity contribution in [1.29, 1.82) is 5.26 Å². The second kappa shape index (κ2) is 6.84. The monoisotopic (exact) mass is 217 g/mol. The van der Waals surface area contributed by atoms with Crippen molar-refractivity contribution < 1.29 is 0 Å². The maximum Gasteiger partial charge on any atom is 0.127 e. The van der Waals surface area contributed by atoms with Crippen molar-refractivity contribution in [3.05, 3.63) is 23.9 Å². The van der Waals surface area contributed by atoms with E-state index in [9.17, 15) is 0 Å². The second-order valence-corrected chi connectivity index (χ2v) is 4.36. The summed E-state index contributed by atoms with van der Waals surface area (Å²) in [5, 5.41) is 12.0. The van der Waals surface area contributed by atoms with Crippen LogP contribution in [0.1, 0.15) is 38.7 Å². The van der Waals surface area contributed by atoms with E-state index < -0.39 is 0 Å². The lowest BCUT2D eigenvalue weighted by molar-refractivity contribution is 0.544. The highest BCUT2D eigenvalue weighted by molar-refractivity contribution is 5.42. The Morgan fingerprint density at radius 1 is 1.44 bits per heavy atom. The Labute approximate surface area is 97.5 Å². The van der Waals surface area contributed by atoms with Gasteiger partial charge in [0.1, 0.15) is 5.82 Å². The van der Waals surface area contributed by atoms with E-state index in [0.717, 1.165) is 24.7 Å². The Balaban J connectivity index is 2.24.